The van der Waals surface area contributed by atoms with Crippen molar-refractivity contribution in [3.63, 3.8) is 0 Å². The molecule has 4 N–H and O–H groups in total. The summed E-state index contributed by atoms with van der Waals surface area (Å²) in [5.41, 5.74) is 6.80. The Morgan fingerprint density at radius 3 is 3.00 bits per heavy atom. The monoisotopic (exact) mass is 292 g/mol. The summed E-state index contributed by atoms with van der Waals surface area (Å²) in [6.07, 6.45) is 5.96. The highest BCUT2D eigenvalue weighted by Gasteiger charge is 2.22. The van der Waals surface area contributed by atoms with Gasteiger partial charge in [-0.1, -0.05) is 12.8 Å². The van der Waals surface area contributed by atoms with Gasteiger partial charge < -0.3 is 16.2 Å². The molecule has 0 spiro atoms. The molecule has 3 rings (SSSR count). The van der Waals surface area contributed by atoms with Crippen LogP contribution in [0.3, 0.4) is 0 Å². The third kappa shape index (κ3) is 2.46. The van der Waals surface area contributed by atoms with Crippen LogP contribution in [0.1, 0.15) is 36.0 Å². The second-order valence-corrected chi connectivity index (χ2v) is 5.97. The first-order valence-corrected chi connectivity index (χ1v) is 7.53. The molecule has 0 aliphatic heterocycles. The molecule has 2 atom stereocenters. The molecule has 1 aliphatic carbocycles. The molecule has 0 bridgehead atoms. The van der Waals surface area contributed by atoms with Gasteiger partial charge in [0.2, 0.25) is 5.95 Å². The molecular weight excluding hydrogens is 276 g/mol. The molecule has 2 aromatic heterocycles. The first-order chi connectivity index (χ1) is 9.65. The normalized spacial score (nSPS) is 22.9. The Morgan fingerprint density at radius 2 is 2.25 bits per heavy atom. The summed E-state index contributed by atoms with van der Waals surface area (Å²) in [6.45, 7) is 0. The topological polar surface area (TPSA) is 101 Å². The van der Waals surface area contributed by atoms with E-state index in [9.17, 15) is 4.79 Å². The van der Waals surface area contributed by atoms with Gasteiger partial charge in [-0.25, -0.2) is 14.8 Å². The molecule has 0 radical (unpaired) electrons. The number of carboxylic acids is 1. The van der Waals surface area contributed by atoms with Crippen molar-refractivity contribution in [3.8, 4) is 0 Å². The molecule has 1 fully saturated rings. The van der Waals surface area contributed by atoms with Crippen LogP contribution in [0.15, 0.2) is 11.6 Å². The van der Waals surface area contributed by atoms with Crippen LogP contribution in [0.25, 0.3) is 10.2 Å². The average Bonchev–Trinajstić information content (AvgIpc) is 2.84. The lowest BCUT2D eigenvalue weighted by Crippen LogP contribution is -2.42. The van der Waals surface area contributed by atoms with Crippen molar-refractivity contribution < 1.29 is 9.90 Å². The number of nitrogens with zero attached hydrogens (tertiary/aromatic N) is 2. The molecule has 0 saturated heterocycles. The number of thiophene rings is 1. The standard InChI is InChI=1S/C13H16N4O2S/c14-8-3-1-2-4-9(8)16-13-15-5-10-11(17-13)7(6-20-10)12(18)19/h5-6,8-9H,1-4,14H2,(H,18,19)(H,15,16,17)/t8-,9+/m1/s1. The smallest absolute Gasteiger partial charge is 0.338 e. The summed E-state index contributed by atoms with van der Waals surface area (Å²) in [4.78, 5) is 19.7. The van der Waals surface area contributed by atoms with Crippen molar-refractivity contribution in [2.45, 2.75) is 37.8 Å². The number of nitrogens with one attached hydrogen (secondary N) is 1. The molecule has 6 nitrogen and oxygen atoms in total. The van der Waals surface area contributed by atoms with Gasteiger partial charge in [0, 0.05) is 17.5 Å². The zero-order chi connectivity index (χ0) is 14.1. The van der Waals surface area contributed by atoms with E-state index in [4.69, 9.17) is 10.8 Å². The van der Waals surface area contributed by atoms with Gasteiger partial charge in [0.1, 0.15) is 5.52 Å². The Hall–Kier alpha value is -1.73. The zero-order valence-corrected chi connectivity index (χ0v) is 11.7. The van der Waals surface area contributed by atoms with Crippen LogP contribution in [0.5, 0.6) is 0 Å². The molecule has 106 valence electrons. The minimum Gasteiger partial charge on any atom is -0.478 e. The number of carbonyl (C=O) groups is 1. The van der Waals surface area contributed by atoms with E-state index >= 15 is 0 Å². The Morgan fingerprint density at radius 1 is 1.45 bits per heavy atom. The lowest BCUT2D eigenvalue weighted by atomic mass is 9.91. The zero-order valence-electron chi connectivity index (χ0n) is 10.9. The number of fused-ring (bicyclic) bond motifs is 1. The molecule has 2 aromatic rings. The lowest BCUT2D eigenvalue weighted by Gasteiger charge is -2.29. The van der Waals surface area contributed by atoms with Gasteiger partial charge >= 0.3 is 5.97 Å². The van der Waals surface area contributed by atoms with Crippen LogP contribution in [0.4, 0.5) is 5.95 Å². The highest BCUT2D eigenvalue weighted by Crippen LogP contribution is 2.25. The first-order valence-electron chi connectivity index (χ1n) is 6.65. The second-order valence-electron chi connectivity index (χ2n) is 5.06. The molecule has 20 heavy (non-hydrogen) atoms. The largest absolute Gasteiger partial charge is 0.478 e. The number of hydrogen-bond acceptors (Lipinski definition) is 6. The van der Waals surface area contributed by atoms with E-state index in [2.05, 4.69) is 15.3 Å². The van der Waals surface area contributed by atoms with Crippen LogP contribution in [0.2, 0.25) is 0 Å². The van der Waals surface area contributed by atoms with Gasteiger partial charge in [-0.05, 0) is 12.8 Å². The fourth-order valence-corrected chi connectivity index (χ4v) is 3.39. The summed E-state index contributed by atoms with van der Waals surface area (Å²) in [5.74, 6) is -0.504. The highest BCUT2D eigenvalue weighted by atomic mass is 32.1. The van der Waals surface area contributed by atoms with Crippen molar-refractivity contribution in [1.29, 1.82) is 0 Å². The van der Waals surface area contributed by atoms with E-state index in [1.807, 2.05) is 0 Å². The maximum absolute atomic E-state index is 11.1. The van der Waals surface area contributed by atoms with E-state index < -0.39 is 5.97 Å². The van der Waals surface area contributed by atoms with E-state index in [1.165, 1.54) is 11.3 Å². The van der Waals surface area contributed by atoms with E-state index in [1.54, 1.807) is 11.6 Å². The fraction of sp³-hybridized carbons (Fsp3) is 0.462. The van der Waals surface area contributed by atoms with Crippen LogP contribution in [0, 0.1) is 0 Å². The number of aromatic nitrogens is 2. The Bertz CT molecular complexity index is 642. The predicted molar refractivity (Wildman–Crippen MR) is 78.2 cm³/mol. The highest BCUT2D eigenvalue weighted by molar-refractivity contribution is 7.17. The number of nitrogens with two attached hydrogens (primary N) is 1. The van der Waals surface area contributed by atoms with Gasteiger partial charge in [0.05, 0.1) is 16.5 Å². The maximum atomic E-state index is 11.1. The van der Waals surface area contributed by atoms with Crippen LogP contribution in [-0.4, -0.2) is 33.1 Å². The summed E-state index contributed by atoms with van der Waals surface area (Å²) >= 11 is 1.34. The van der Waals surface area contributed by atoms with Gasteiger partial charge in [0.15, 0.2) is 0 Å². The SMILES string of the molecule is N[C@@H]1CCCC[C@@H]1Nc1ncc2scc(C(=O)O)c2n1. The third-order valence-electron chi connectivity index (χ3n) is 3.68. The predicted octanol–water partition coefficient (Wildman–Crippen LogP) is 2.07. The van der Waals surface area contributed by atoms with Crippen molar-refractivity contribution in [3.05, 3.63) is 17.1 Å². The summed E-state index contributed by atoms with van der Waals surface area (Å²) in [5, 5.41) is 14.0. The summed E-state index contributed by atoms with van der Waals surface area (Å²) in [6, 6.07) is 0.262. The number of carboxylic acid groups (broad SMARTS) is 1. The number of anilines is 1. The van der Waals surface area contributed by atoms with Crippen molar-refractivity contribution >= 4 is 33.5 Å². The molecule has 1 saturated carbocycles. The van der Waals surface area contributed by atoms with Gasteiger partial charge in [0.25, 0.3) is 0 Å². The second kappa shape index (κ2) is 5.34. The molecule has 7 heteroatoms. The van der Waals surface area contributed by atoms with E-state index in [-0.39, 0.29) is 17.6 Å². The Labute approximate surface area is 120 Å². The first kappa shape index (κ1) is 13.3. The molecule has 1 aliphatic rings. The minimum atomic E-state index is -0.963. The van der Waals surface area contributed by atoms with Crippen LogP contribution >= 0.6 is 11.3 Å². The molecule has 0 amide bonds. The van der Waals surface area contributed by atoms with Crippen molar-refractivity contribution in [1.82, 2.24) is 9.97 Å². The fourth-order valence-electron chi connectivity index (χ4n) is 2.55. The van der Waals surface area contributed by atoms with Crippen molar-refractivity contribution in [2.75, 3.05) is 5.32 Å². The maximum Gasteiger partial charge on any atom is 0.338 e. The third-order valence-corrected chi connectivity index (χ3v) is 4.58. The van der Waals surface area contributed by atoms with E-state index in [0.717, 1.165) is 30.4 Å². The molecule has 2 heterocycles. The average molecular weight is 292 g/mol. The van der Waals surface area contributed by atoms with Gasteiger partial charge in [-0.15, -0.1) is 11.3 Å². The number of aromatic carboxylic acids is 1. The molecule has 0 unspecified atom stereocenters. The number of rotatable bonds is 3. The van der Waals surface area contributed by atoms with Crippen molar-refractivity contribution in [2.24, 2.45) is 5.73 Å². The molecule has 0 aromatic carbocycles. The summed E-state index contributed by atoms with van der Waals surface area (Å²) in [7, 11) is 0. The Kier molecular flexibility index (Phi) is 3.54. The minimum absolute atomic E-state index is 0.101. The molecular formula is C13H16N4O2S. The quantitative estimate of drug-likeness (QED) is 0.800. The lowest BCUT2D eigenvalue weighted by molar-refractivity contribution is 0.0699. The van der Waals surface area contributed by atoms with Gasteiger partial charge in [-0.2, -0.15) is 0 Å². The van der Waals surface area contributed by atoms with E-state index in [0.29, 0.717) is 11.5 Å². The Balaban J connectivity index is 1.88. The van der Waals surface area contributed by atoms with Gasteiger partial charge in [-0.3, -0.25) is 0 Å². The summed E-state index contributed by atoms with van der Waals surface area (Å²) < 4.78 is 0.779. The number of hydrogen-bond donors (Lipinski definition) is 3. The van der Waals surface area contributed by atoms with Crippen LogP contribution < -0.4 is 11.1 Å². The van der Waals surface area contributed by atoms with Crippen LogP contribution in [-0.2, 0) is 0 Å².